The van der Waals surface area contributed by atoms with Crippen molar-refractivity contribution >= 4 is 10.0 Å². The zero-order chi connectivity index (χ0) is 15.7. The Bertz CT molecular complexity index is 767. The van der Waals surface area contributed by atoms with Crippen LogP contribution >= 0.6 is 0 Å². The van der Waals surface area contributed by atoms with Crippen molar-refractivity contribution in [2.75, 3.05) is 13.1 Å². The Morgan fingerprint density at radius 2 is 2.09 bits per heavy atom. The number of hydrogen-bond donors (Lipinski definition) is 0. The first kappa shape index (κ1) is 15.2. The maximum absolute atomic E-state index is 12.7. The number of nitrogens with zero attached hydrogens (tertiary/aromatic N) is 3. The van der Waals surface area contributed by atoms with Gasteiger partial charge in [-0.05, 0) is 37.3 Å². The first-order valence-electron chi connectivity index (χ1n) is 7.60. The Morgan fingerprint density at radius 1 is 1.32 bits per heavy atom. The lowest BCUT2D eigenvalue weighted by molar-refractivity contribution is 0.472. The van der Waals surface area contributed by atoms with Crippen LogP contribution in [0.1, 0.15) is 30.4 Å². The summed E-state index contributed by atoms with van der Waals surface area (Å²) in [5.74, 6) is 0.275. The molecule has 1 aromatic heterocycles. The lowest BCUT2D eigenvalue weighted by atomic mass is 9.94. The Balaban J connectivity index is 1.81. The van der Waals surface area contributed by atoms with Crippen molar-refractivity contribution in [3.05, 3.63) is 47.8 Å². The van der Waals surface area contributed by atoms with Crippen molar-refractivity contribution in [2.45, 2.75) is 37.6 Å². The van der Waals surface area contributed by atoms with Crippen molar-refractivity contribution in [2.24, 2.45) is 0 Å². The van der Waals surface area contributed by atoms with Gasteiger partial charge in [-0.25, -0.2) is 8.42 Å². The monoisotopic (exact) mass is 319 g/mol. The van der Waals surface area contributed by atoms with Gasteiger partial charge in [-0.3, -0.25) is 4.68 Å². The van der Waals surface area contributed by atoms with Crippen LogP contribution in [0.2, 0.25) is 0 Å². The van der Waals surface area contributed by atoms with Gasteiger partial charge in [0.05, 0.1) is 6.20 Å². The third-order valence-corrected chi connectivity index (χ3v) is 6.17. The lowest BCUT2D eigenvalue weighted by Crippen LogP contribution is -2.28. The third-order valence-electron chi connectivity index (χ3n) is 4.35. The predicted molar refractivity (Wildman–Crippen MR) is 85.2 cm³/mol. The zero-order valence-corrected chi connectivity index (χ0v) is 13.8. The van der Waals surface area contributed by atoms with Crippen LogP contribution in [0.4, 0.5) is 0 Å². The Kier molecular flexibility index (Phi) is 4.06. The molecule has 0 aliphatic carbocycles. The molecule has 0 N–H and O–H groups in total. The maximum atomic E-state index is 12.7. The van der Waals surface area contributed by atoms with Crippen molar-refractivity contribution in [3.63, 3.8) is 0 Å². The van der Waals surface area contributed by atoms with Gasteiger partial charge in [-0.15, -0.1) is 0 Å². The quantitative estimate of drug-likeness (QED) is 0.869. The van der Waals surface area contributed by atoms with Crippen LogP contribution < -0.4 is 0 Å². The molecule has 3 rings (SSSR count). The minimum absolute atomic E-state index is 0.275. The smallest absolute Gasteiger partial charge is 0.246 e. The molecular weight excluding hydrogens is 298 g/mol. The average Bonchev–Trinajstić information content (AvgIpc) is 3.17. The van der Waals surface area contributed by atoms with Gasteiger partial charge in [0.2, 0.25) is 10.0 Å². The Morgan fingerprint density at radius 3 is 2.77 bits per heavy atom. The van der Waals surface area contributed by atoms with Gasteiger partial charge in [0, 0.05) is 25.8 Å². The molecule has 22 heavy (non-hydrogen) atoms. The molecule has 0 amide bonds. The third kappa shape index (κ3) is 2.68. The SMILES string of the molecule is CCn1cc(S(=O)(=O)N2CCC(c3ccccc3C)C2)cn1. The van der Waals surface area contributed by atoms with E-state index in [9.17, 15) is 8.42 Å². The van der Waals surface area contributed by atoms with Crippen LogP contribution in [0.3, 0.4) is 0 Å². The minimum atomic E-state index is -3.43. The van der Waals surface area contributed by atoms with E-state index in [1.165, 1.54) is 17.3 Å². The molecule has 2 aromatic rings. The van der Waals surface area contributed by atoms with Crippen LogP contribution in [0, 0.1) is 6.92 Å². The molecule has 0 bridgehead atoms. The van der Waals surface area contributed by atoms with Crippen LogP contribution in [0.15, 0.2) is 41.6 Å². The topological polar surface area (TPSA) is 55.2 Å². The summed E-state index contributed by atoms with van der Waals surface area (Å²) >= 11 is 0. The molecule has 1 aromatic carbocycles. The fraction of sp³-hybridized carbons (Fsp3) is 0.438. The summed E-state index contributed by atoms with van der Waals surface area (Å²) in [5, 5.41) is 4.07. The summed E-state index contributed by atoms with van der Waals surface area (Å²) in [6.45, 7) is 5.80. The molecule has 2 heterocycles. The second kappa shape index (κ2) is 5.85. The average molecular weight is 319 g/mol. The normalized spacial score (nSPS) is 19.6. The first-order chi connectivity index (χ1) is 10.5. The predicted octanol–water partition coefficient (Wildman–Crippen LogP) is 2.39. The number of aryl methyl sites for hydroxylation is 2. The molecule has 1 saturated heterocycles. The summed E-state index contributed by atoms with van der Waals surface area (Å²) in [5.41, 5.74) is 2.48. The van der Waals surface area contributed by atoms with E-state index in [4.69, 9.17) is 0 Å². The molecule has 1 aliphatic heterocycles. The van der Waals surface area contributed by atoms with Crippen LogP contribution in [0.25, 0.3) is 0 Å². The molecule has 1 aliphatic rings. The van der Waals surface area contributed by atoms with Gasteiger partial charge in [0.15, 0.2) is 0 Å². The van der Waals surface area contributed by atoms with Gasteiger partial charge in [0.1, 0.15) is 4.90 Å². The molecule has 1 unspecified atom stereocenters. The van der Waals surface area contributed by atoms with E-state index in [1.807, 2.05) is 19.1 Å². The van der Waals surface area contributed by atoms with E-state index >= 15 is 0 Å². The van der Waals surface area contributed by atoms with E-state index in [2.05, 4.69) is 24.2 Å². The van der Waals surface area contributed by atoms with Crippen molar-refractivity contribution in [1.82, 2.24) is 14.1 Å². The molecule has 1 fully saturated rings. The number of sulfonamides is 1. The van der Waals surface area contributed by atoms with Gasteiger partial charge in [-0.2, -0.15) is 9.40 Å². The fourth-order valence-electron chi connectivity index (χ4n) is 3.05. The number of hydrogen-bond acceptors (Lipinski definition) is 3. The number of benzene rings is 1. The number of rotatable bonds is 4. The summed E-state index contributed by atoms with van der Waals surface area (Å²) < 4.78 is 28.6. The molecular formula is C16H21N3O2S. The van der Waals surface area contributed by atoms with E-state index in [0.717, 1.165) is 6.42 Å². The highest BCUT2D eigenvalue weighted by molar-refractivity contribution is 7.89. The minimum Gasteiger partial charge on any atom is -0.272 e. The highest BCUT2D eigenvalue weighted by Gasteiger charge is 2.34. The van der Waals surface area contributed by atoms with Crippen molar-refractivity contribution < 1.29 is 8.42 Å². The van der Waals surface area contributed by atoms with E-state index < -0.39 is 10.0 Å². The fourth-order valence-corrected chi connectivity index (χ4v) is 4.50. The molecule has 6 heteroatoms. The second-order valence-corrected chi connectivity index (χ2v) is 7.67. The van der Waals surface area contributed by atoms with Gasteiger partial charge in [-0.1, -0.05) is 24.3 Å². The molecule has 1 atom stereocenters. The van der Waals surface area contributed by atoms with Crippen molar-refractivity contribution in [1.29, 1.82) is 0 Å². The summed E-state index contributed by atoms with van der Waals surface area (Å²) in [6, 6.07) is 8.22. The maximum Gasteiger partial charge on any atom is 0.246 e. The molecule has 0 spiro atoms. The highest BCUT2D eigenvalue weighted by Crippen LogP contribution is 2.32. The van der Waals surface area contributed by atoms with E-state index in [-0.39, 0.29) is 5.92 Å². The van der Waals surface area contributed by atoms with Crippen LogP contribution in [-0.4, -0.2) is 35.6 Å². The van der Waals surface area contributed by atoms with Gasteiger partial charge >= 0.3 is 0 Å². The van der Waals surface area contributed by atoms with E-state index in [1.54, 1.807) is 15.2 Å². The molecule has 5 nitrogen and oxygen atoms in total. The van der Waals surface area contributed by atoms with Gasteiger partial charge < -0.3 is 0 Å². The standard InChI is InChI=1S/C16H21N3O2S/c1-3-18-12-15(10-17-18)22(20,21)19-9-8-14(11-19)16-7-5-4-6-13(16)2/h4-7,10,12,14H,3,8-9,11H2,1-2H3. The van der Waals surface area contributed by atoms with Crippen LogP contribution in [0.5, 0.6) is 0 Å². The molecule has 118 valence electrons. The molecule has 0 radical (unpaired) electrons. The summed E-state index contributed by atoms with van der Waals surface area (Å²) in [7, 11) is -3.43. The number of aromatic nitrogens is 2. The van der Waals surface area contributed by atoms with E-state index in [0.29, 0.717) is 24.5 Å². The Labute approximate surface area is 131 Å². The summed E-state index contributed by atoms with van der Waals surface area (Å²) in [4.78, 5) is 0.291. The highest BCUT2D eigenvalue weighted by atomic mass is 32.2. The molecule has 0 saturated carbocycles. The Hall–Kier alpha value is -1.66. The van der Waals surface area contributed by atoms with Gasteiger partial charge in [0.25, 0.3) is 0 Å². The second-order valence-electron chi connectivity index (χ2n) is 5.74. The lowest BCUT2D eigenvalue weighted by Gasteiger charge is -2.16. The van der Waals surface area contributed by atoms with Crippen molar-refractivity contribution in [3.8, 4) is 0 Å². The summed E-state index contributed by atoms with van der Waals surface area (Å²) in [6.07, 6.45) is 3.92. The first-order valence-corrected chi connectivity index (χ1v) is 9.04. The largest absolute Gasteiger partial charge is 0.272 e. The van der Waals surface area contributed by atoms with Crippen LogP contribution in [-0.2, 0) is 16.6 Å². The zero-order valence-electron chi connectivity index (χ0n) is 12.9.